The second kappa shape index (κ2) is 8.84. The third-order valence-electron chi connectivity index (χ3n) is 6.23. The lowest BCUT2D eigenvalue weighted by molar-refractivity contribution is 0.0593. The van der Waals surface area contributed by atoms with Crippen LogP contribution in [0.3, 0.4) is 0 Å². The molecule has 5 nitrogen and oxygen atoms in total. The van der Waals surface area contributed by atoms with Crippen LogP contribution in [0.2, 0.25) is 0 Å². The first-order chi connectivity index (χ1) is 14.1. The van der Waals surface area contributed by atoms with Gasteiger partial charge in [0.05, 0.1) is 18.4 Å². The van der Waals surface area contributed by atoms with Crippen LogP contribution in [0.5, 0.6) is 5.75 Å². The molecule has 2 aromatic rings. The van der Waals surface area contributed by atoms with Gasteiger partial charge in [0.25, 0.3) is 5.91 Å². The molecule has 0 aliphatic carbocycles. The molecule has 1 aromatic heterocycles. The average Bonchev–Trinajstić information content (AvgIpc) is 3.15. The molecule has 2 saturated heterocycles. The SMILES string of the molecule is COc1ccc(C)cc1-c1nc(C)c(C(=O)N2CCC(N3CCCCC3)CC2)s1. The molecule has 0 N–H and O–H groups in total. The number of aromatic nitrogens is 1. The summed E-state index contributed by atoms with van der Waals surface area (Å²) >= 11 is 1.49. The van der Waals surface area contributed by atoms with Gasteiger partial charge in [-0.25, -0.2) is 4.98 Å². The van der Waals surface area contributed by atoms with E-state index in [-0.39, 0.29) is 5.91 Å². The lowest BCUT2D eigenvalue weighted by Gasteiger charge is -2.40. The molecule has 0 radical (unpaired) electrons. The van der Waals surface area contributed by atoms with E-state index in [9.17, 15) is 4.79 Å². The van der Waals surface area contributed by atoms with E-state index in [2.05, 4.69) is 17.9 Å². The van der Waals surface area contributed by atoms with Crippen LogP contribution < -0.4 is 4.74 Å². The molecule has 0 atom stereocenters. The Hall–Kier alpha value is -1.92. The van der Waals surface area contributed by atoms with E-state index in [0.717, 1.165) is 58.4 Å². The number of nitrogens with zero attached hydrogens (tertiary/aromatic N) is 3. The van der Waals surface area contributed by atoms with Crippen molar-refractivity contribution in [1.82, 2.24) is 14.8 Å². The summed E-state index contributed by atoms with van der Waals surface area (Å²) in [5, 5.41) is 0.856. The number of benzene rings is 1. The lowest BCUT2D eigenvalue weighted by Crippen LogP contribution is -2.48. The van der Waals surface area contributed by atoms with Crippen LogP contribution in [0.4, 0.5) is 0 Å². The van der Waals surface area contributed by atoms with Gasteiger partial charge in [-0.15, -0.1) is 11.3 Å². The van der Waals surface area contributed by atoms with Crippen molar-refractivity contribution >= 4 is 17.2 Å². The van der Waals surface area contributed by atoms with Crippen molar-refractivity contribution in [3.63, 3.8) is 0 Å². The summed E-state index contributed by atoms with van der Waals surface area (Å²) in [5.41, 5.74) is 2.93. The van der Waals surface area contributed by atoms with E-state index >= 15 is 0 Å². The number of hydrogen-bond acceptors (Lipinski definition) is 5. The van der Waals surface area contributed by atoms with Crippen molar-refractivity contribution < 1.29 is 9.53 Å². The average molecular weight is 414 g/mol. The number of thiazole rings is 1. The molecule has 29 heavy (non-hydrogen) atoms. The van der Waals surface area contributed by atoms with Gasteiger partial charge in [0.2, 0.25) is 0 Å². The van der Waals surface area contributed by atoms with Crippen molar-refractivity contribution in [3.05, 3.63) is 34.3 Å². The fourth-order valence-electron chi connectivity index (χ4n) is 4.56. The molecule has 0 unspecified atom stereocenters. The van der Waals surface area contributed by atoms with Gasteiger partial charge >= 0.3 is 0 Å². The van der Waals surface area contributed by atoms with Crippen LogP contribution in [0.15, 0.2) is 18.2 Å². The Labute approximate surface area is 177 Å². The van der Waals surface area contributed by atoms with E-state index in [1.54, 1.807) is 7.11 Å². The van der Waals surface area contributed by atoms with Crippen LogP contribution in [0.1, 0.15) is 53.0 Å². The molecule has 1 aromatic carbocycles. The zero-order valence-corrected chi connectivity index (χ0v) is 18.6. The topological polar surface area (TPSA) is 45.7 Å². The normalized spacial score (nSPS) is 18.8. The first kappa shape index (κ1) is 20.4. The second-order valence-corrected chi connectivity index (χ2v) is 9.26. The monoisotopic (exact) mass is 413 g/mol. The zero-order chi connectivity index (χ0) is 20.4. The highest BCUT2D eigenvalue weighted by Gasteiger charge is 2.30. The highest BCUT2D eigenvalue weighted by Crippen LogP contribution is 2.36. The van der Waals surface area contributed by atoms with Gasteiger partial charge in [-0.2, -0.15) is 0 Å². The largest absolute Gasteiger partial charge is 0.496 e. The molecule has 6 heteroatoms. The summed E-state index contributed by atoms with van der Waals surface area (Å²) in [7, 11) is 1.67. The van der Waals surface area contributed by atoms with Gasteiger partial charge in [-0.1, -0.05) is 18.1 Å². The predicted octanol–water partition coefficient (Wildman–Crippen LogP) is 4.53. The Morgan fingerprint density at radius 3 is 2.52 bits per heavy atom. The molecule has 0 spiro atoms. The van der Waals surface area contributed by atoms with Gasteiger partial charge in [0.1, 0.15) is 15.6 Å². The van der Waals surface area contributed by atoms with Gasteiger partial charge in [0.15, 0.2) is 0 Å². The summed E-state index contributed by atoms with van der Waals surface area (Å²) < 4.78 is 5.52. The van der Waals surface area contributed by atoms with Crippen LogP contribution >= 0.6 is 11.3 Å². The number of carbonyl (C=O) groups excluding carboxylic acids is 1. The third kappa shape index (κ3) is 4.33. The van der Waals surface area contributed by atoms with Gasteiger partial charge < -0.3 is 14.5 Å². The van der Waals surface area contributed by atoms with Crippen molar-refractivity contribution in [1.29, 1.82) is 0 Å². The number of rotatable bonds is 4. The fraction of sp³-hybridized carbons (Fsp3) is 0.565. The molecule has 0 bridgehead atoms. The molecular formula is C23H31N3O2S. The molecule has 4 rings (SSSR count). The smallest absolute Gasteiger partial charge is 0.265 e. The highest BCUT2D eigenvalue weighted by molar-refractivity contribution is 7.17. The first-order valence-corrected chi connectivity index (χ1v) is 11.5. The van der Waals surface area contributed by atoms with Crippen molar-refractivity contribution in [2.45, 2.75) is 52.0 Å². The van der Waals surface area contributed by atoms with Crippen LogP contribution in [-0.4, -0.2) is 60.0 Å². The molecular weight excluding hydrogens is 382 g/mol. The van der Waals surface area contributed by atoms with Gasteiger partial charge in [0, 0.05) is 19.1 Å². The molecule has 2 aliphatic heterocycles. The zero-order valence-electron chi connectivity index (χ0n) is 17.7. The Kier molecular flexibility index (Phi) is 6.20. The number of ether oxygens (including phenoxy) is 1. The van der Waals surface area contributed by atoms with Gasteiger partial charge in [-0.05, 0) is 64.8 Å². The number of carbonyl (C=O) groups is 1. The van der Waals surface area contributed by atoms with Crippen molar-refractivity contribution in [3.8, 4) is 16.3 Å². The molecule has 3 heterocycles. The van der Waals surface area contributed by atoms with E-state index in [4.69, 9.17) is 9.72 Å². The van der Waals surface area contributed by atoms with E-state index in [1.165, 1.54) is 43.7 Å². The standard InChI is InChI=1S/C23H31N3O2S/c1-16-7-8-20(28-3)19(15-16)22-24-17(2)21(29-22)23(27)26-13-9-18(10-14-26)25-11-5-4-6-12-25/h7-8,15,18H,4-6,9-14H2,1-3H3. The van der Waals surface area contributed by atoms with Crippen LogP contribution in [0.25, 0.3) is 10.6 Å². The highest BCUT2D eigenvalue weighted by atomic mass is 32.1. The van der Waals surface area contributed by atoms with E-state index < -0.39 is 0 Å². The predicted molar refractivity (Wildman–Crippen MR) is 118 cm³/mol. The summed E-state index contributed by atoms with van der Waals surface area (Å²) in [6.07, 6.45) is 6.19. The van der Waals surface area contributed by atoms with E-state index in [0.29, 0.717) is 6.04 Å². The maximum atomic E-state index is 13.2. The number of likely N-dealkylation sites (tertiary alicyclic amines) is 2. The quantitative estimate of drug-likeness (QED) is 0.739. The Morgan fingerprint density at radius 2 is 1.83 bits per heavy atom. The minimum absolute atomic E-state index is 0.134. The number of aryl methyl sites for hydroxylation is 2. The molecule has 0 saturated carbocycles. The Bertz CT molecular complexity index is 865. The Morgan fingerprint density at radius 1 is 1.10 bits per heavy atom. The first-order valence-electron chi connectivity index (χ1n) is 10.7. The van der Waals surface area contributed by atoms with Crippen LogP contribution in [-0.2, 0) is 0 Å². The summed E-state index contributed by atoms with van der Waals surface area (Å²) in [6.45, 7) is 8.15. The summed E-state index contributed by atoms with van der Waals surface area (Å²) in [6, 6.07) is 6.72. The second-order valence-electron chi connectivity index (χ2n) is 8.26. The van der Waals surface area contributed by atoms with E-state index in [1.807, 2.05) is 24.0 Å². The Balaban J connectivity index is 1.47. The summed E-state index contributed by atoms with van der Waals surface area (Å²) in [4.78, 5) is 23.4. The van der Waals surface area contributed by atoms with Crippen molar-refractivity contribution in [2.75, 3.05) is 33.3 Å². The third-order valence-corrected chi connectivity index (χ3v) is 7.41. The maximum absolute atomic E-state index is 13.2. The lowest BCUT2D eigenvalue weighted by atomic mass is 10.00. The number of piperidine rings is 2. The molecule has 156 valence electrons. The maximum Gasteiger partial charge on any atom is 0.265 e. The minimum Gasteiger partial charge on any atom is -0.496 e. The molecule has 1 amide bonds. The molecule has 2 aliphatic rings. The van der Waals surface area contributed by atoms with Crippen LogP contribution in [0, 0.1) is 13.8 Å². The minimum atomic E-state index is 0.134. The molecule has 2 fully saturated rings. The number of hydrogen-bond donors (Lipinski definition) is 0. The fourth-order valence-corrected chi connectivity index (χ4v) is 5.62. The number of amides is 1. The van der Waals surface area contributed by atoms with Crippen molar-refractivity contribution in [2.24, 2.45) is 0 Å². The summed E-state index contributed by atoms with van der Waals surface area (Å²) in [5.74, 6) is 0.931. The van der Waals surface area contributed by atoms with Gasteiger partial charge in [-0.3, -0.25) is 4.79 Å². The number of methoxy groups -OCH3 is 1.